The summed E-state index contributed by atoms with van der Waals surface area (Å²) in [6.07, 6.45) is 0.507. The normalized spacial score (nSPS) is 11.8. The molecular weight excluding hydrogens is 256 g/mol. The van der Waals surface area contributed by atoms with Gasteiger partial charge in [0.2, 0.25) is 5.91 Å². The summed E-state index contributed by atoms with van der Waals surface area (Å²) in [5.41, 5.74) is 6.13. The molecule has 1 rings (SSSR count). The van der Waals surface area contributed by atoms with E-state index < -0.39 is 12.0 Å². The first kappa shape index (κ1) is 14.5. The van der Waals surface area contributed by atoms with Crippen LogP contribution in [0.15, 0.2) is 18.2 Å². The van der Waals surface area contributed by atoms with E-state index in [0.717, 1.165) is 0 Å². The summed E-state index contributed by atoms with van der Waals surface area (Å²) >= 11 is 5.80. The molecule has 98 valence electrons. The Morgan fingerprint density at radius 3 is 2.72 bits per heavy atom. The van der Waals surface area contributed by atoms with Crippen LogP contribution in [0.2, 0.25) is 5.02 Å². The van der Waals surface area contributed by atoms with Crippen molar-refractivity contribution in [1.82, 2.24) is 0 Å². The Hall–Kier alpha value is -1.59. The summed E-state index contributed by atoms with van der Waals surface area (Å²) in [6.45, 7) is 1.80. The molecule has 0 spiro atoms. The van der Waals surface area contributed by atoms with Crippen LogP contribution in [0.5, 0.6) is 0 Å². The molecule has 1 unspecified atom stereocenters. The summed E-state index contributed by atoms with van der Waals surface area (Å²) in [4.78, 5) is 23.2. The first-order valence-electron chi connectivity index (χ1n) is 5.44. The highest BCUT2D eigenvalue weighted by Gasteiger charge is 2.17. The second kappa shape index (κ2) is 6.37. The lowest BCUT2D eigenvalue weighted by Crippen LogP contribution is -2.35. The number of nitrogens with one attached hydrogen (secondary N) is 1. The molecule has 0 radical (unpaired) electrons. The zero-order valence-electron chi connectivity index (χ0n) is 10.2. The van der Waals surface area contributed by atoms with E-state index in [1.807, 2.05) is 0 Å². The molecule has 1 amide bonds. The predicted molar refractivity (Wildman–Crippen MR) is 69.7 cm³/mol. The van der Waals surface area contributed by atoms with Crippen LogP contribution in [-0.4, -0.2) is 25.0 Å². The van der Waals surface area contributed by atoms with Gasteiger partial charge in [0.25, 0.3) is 0 Å². The Labute approximate surface area is 110 Å². The van der Waals surface area contributed by atoms with Gasteiger partial charge in [-0.2, -0.15) is 0 Å². The van der Waals surface area contributed by atoms with Gasteiger partial charge in [-0.15, -0.1) is 0 Å². The van der Waals surface area contributed by atoms with Crippen molar-refractivity contribution in [1.29, 1.82) is 0 Å². The molecule has 3 N–H and O–H groups in total. The zero-order chi connectivity index (χ0) is 13.7. The molecule has 1 aromatic carbocycles. The average Bonchev–Trinajstić information content (AvgIpc) is 2.38. The van der Waals surface area contributed by atoms with E-state index in [-0.39, 0.29) is 11.5 Å². The number of amides is 1. The highest BCUT2D eigenvalue weighted by molar-refractivity contribution is 6.31. The first-order valence-corrected chi connectivity index (χ1v) is 5.81. The highest BCUT2D eigenvalue weighted by atomic mass is 35.5. The molecule has 1 atom stereocenters. The fraction of sp³-hybridized carbons (Fsp3) is 0.333. The third-order valence-corrected chi connectivity index (χ3v) is 2.66. The van der Waals surface area contributed by atoms with Gasteiger partial charge in [-0.3, -0.25) is 4.79 Å². The molecule has 0 aromatic heterocycles. The molecule has 0 aliphatic carbocycles. The van der Waals surface area contributed by atoms with E-state index in [1.54, 1.807) is 13.0 Å². The third-order valence-electron chi connectivity index (χ3n) is 2.42. The number of benzene rings is 1. The number of carbonyl (C=O) groups excluding carboxylic acids is 2. The van der Waals surface area contributed by atoms with Gasteiger partial charge in [0.1, 0.15) is 0 Å². The van der Waals surface area contributed by atoms with Crippen LogP contribution < -0.4 is 11.1 Å². The summed E-state index contributed by atoms with van der Waals surface area (Å²) < 4.78 is 4.62. The molecule has 0 saturated carbocycles. The smallest absolute Gasteiger partial charge is 0.340 e. The molecule has 5 nitrogen and oxygen atoms in total. The molecule has 6 heteroatoms. The topological polar surface area (TPSA) is 81.4 Å². The van der Waals surface area contributed by atoms with E-state index in [1.165, 1.54) is 19.2 Å². The van der Waals surface area contributed by atoms with Crippen LogP contribution in [-0.2, 0) is 9.53 Å². The number of anilines is 1. The number of carbonyl (C=O) groups is 2. The molecule has 0 saturated heterocycles. The van der Waals surface area contributed by atoms with Crippen LogP contribution in [0.1, 0.15) is 23.7 Å². The van der Waals surface area contributed by atoms with Crippen molar-refractivity contribution in [2.75, 3.05) is 12.4 Å². The minimum atomic E-state index is -0.619. The minimum Gasteiger partial charge on any atom is -0.465 e. The van der Waals surface area contributed by atoms with Crippen molar-refractivity contribution in [2.24, 2.45) is 5.73 Å². The Bertz CT molecular complexity index is 463. The fourth-order valence-corrected chi connectivity index (χ4v) is 1.49. The number of rotatable bonds is 4. The maximum Gasteiger partial charge on any atom is 0.340 e. The monoisotopic (exact) mass is 270 g/mol. The SMILES string of the molecule is CCC(N)C(=O)Nc1ccc(Cl)cc1C(=O)OC. The number of esters is 1. The Morgan fingerprint density at radius 1 is 1.50 bits per heavy atom. The Balaban J connectivity index is 3.01. The maximum absolute atomic E-state index is 11.7. The van der Waals surface area contributed by atoms with Crippen LogP contribution in [0.25, 0.3) is 0 Å². The molecule has 0 bridgehead atoms. The van der Waals surface area contributed by atoms with E-state index in [0.29, 0.717) is 17.1 Å². The Morgan fingerprint density at radius 2 is 2.17 bits per heavy atom. The van der Waals surface area contributed by atoms with Gasteiger partial charge >= 0.3 is 5.97 Å². The van der Waals surface area contributed by atoms with Gasteiger partial charge < -0.3 is 15.8 Å². The molecule has 1 aromatic rings. The number of hydrogen-bond acceptors (Lipinski definition) is 4. The summed E-state index contributed by atoms with van der Waals surface area (Å²) in [7, 11) is 1.26. The number of ether oxygens (including phenoxy) is 1. The van der Waals surface area contributed by atoms with E-state index in [9.17, 15) is 9.59 Å². The molecule has 18 heavy (non-hydrogen) atoms. The van der Waals surface area contributed by atoms with E-state index in [2.05, 4.69) is 10.1 Å². The van der Waals surface area contributed by atoms with Crippen LogP contribution >= 0.6 is 11.6 Å². The standard InChI is InChI=1S/C12H15ClN2O3/c1-3-9(14)11(16)15-10-5-4-7(13)6-8(10)12(17)18-2/h4-6,9H,3,14H2,1-2H3,(H,15,16). The largest absolute Gasteiger partial charge is 0.465 e. The van der Waals surface area contributed by atoms with Crippen molar-refractivity contribution in [3.05, 3.63) is 28.8 Å². The quantitative estimate of drug-likeness (QED) is 0.818. The molecule has 0 aliphatic heterocycles. The van der Waals surface area contributed by atoms with E-state index in [4.69, 9.17) is 17.3 Å². The summed E-state index contributed by atoms with van der Waals surface area (Å²) in [5.74, 6) is -0.928. The van der Waals surface area contributed by atoms with Crippen LogP contribution in [0.3, 0.4) is 0 Å². The molecule has 0 heterocycles. The molecular formula is C12H15ClN2O3. The summed E-state index contributed by atoms with van der Waals surface area (Å²) in [6, 6.07) is 3.92. The number of halogens is 1. The van der Waals surface area contributed by atoms with Gasteiger partial charge in [0.05, 0.1) is 24.4 Å². The zero-order valence-corrected chi connectivity index (χ0v) is 11.0. The maximum atomic E-state index is 11.7. The van der Waals surface area contributed by atoms with Gasteiger partial charge in [0.15, 0.2) is 0 Å². The van der Waals surface area contributed by atoms with Gasteiger partial charge in [0, 0.05) is 5.02 Å². The third kappa shape index (κ3) is 3.45. The minimum absolute atomic E-state index is 0.196. The highest BCUT2D eigenvalue weighted by Crippen LogP contribution is 2.21. The lowest BCUT2D eigenvalue weighted by Gasteiger charge is -2.13. The second-order valence-corrected chi connectivity index (χ2v) is 4.12. The van der Waals surface area contributed by atoms with Gasteiger partial charge in [-0.25, -0.2) is 4.79 Å². The van der Waals surface area contributed by atoms with Crippen molar-refractivity contribution in [3.63, 3.8) is 0 Å². The van der Waals surface area contributed by atoms with E-state index >= 15 is 0 Å². The van der Waals surface area contributed by atoms with Crippen LogP contribution in [0, 0.1) is 0 Å². The Kier molecular flexibility index (Phi) is 5.12. The predicted octanol–water partition coefficient (Wildman–Crippen LogP) is 1.80. The van der Waals surface area contributed by atoms with Crippen LogP contribution in [0.4, 0.5) is 5.69 Å². The molecule has 0 fully saturated rings. The number of nitrogens with two attached hydrogens (primary N) is 1. The lowest BCUT2D eigenvalue weighted by molar-refractivity contribution is -0.117. The average molecular weight is 271 g/mol. The van der Waals surface area contributed by atoms with Crippen molar-refractivity contribution in [2.45, 2.75) is 19.4 Å². The summed E-state index contributed by atoms with van der Waals surface area (Å²) in [5, 5.41) is 2.96. The van der Waals surface area contributed by atoms with Gasteiger partial charge in [-0.1, -0.05) is 18.5 Å². The number of methoxy groups -OCH3 is 1. The first-order chi connectivity index (χ1) is 8.49. The van der Waals surface area contributed by atoms with Crippen molar-refractivity contribution in [3.8, 4) is 0 Å². The van der Waals surface area contributed by atoms with Crippen molar-refractivity contribution < 1.29 is 14.3 Å². The number of hydrogen-bond donors (Lipinski definition) is 2. The van der Waals surface area contributed by atoms with Crippen molar-refractivity contribution >= 4 is 29.2 Å². The molecule has 0 aliphatic rings. The lowest BCUT2D eigenvalue weighted by atomic mass is 10.1. The second-order valence-electron chi connectivity index (χ2n) is 3.69. The van der Waals surface area contributed by atoms with Gasteiger partial charge in [-0.05, 0) is 24.6 Å². The fourth-order valence-electron chi connectivity index (χ4n) is 1.32.